The van der Waals surface area contributed by atoms with Crippen molar-refractivity contribution in [3.63, 3.8) is 0 Å². The van der Waals surface area contributed by atoms with Gasteiger partial charge >= 0.3 is 0 Å². The Labute approximate surface area is 162 Å². The first-order valence-corrected chi connectivity index (χ1v) is 12.3. The Morgan fingerprint density at radius 2 is 1.46 bits per heavy atom. The number of rotatable bonds is 14. The first-order chi connectivity index (χ1) is 12.6. The van der Waals surface area contributed by atoms with Crippen LogP contribution in [0.3, 0.4) is 0 Å². The molecule has 1 heteroatoms. The van der Waals surface area contributed by atoms with Crippen LogP contribution in [0.1, 0.15) is 110 Å². The lowest BCUT2D eigenvalue weighted by atomic mass is 9.91. The highest BCUT2D eigenvalue weighted by atomic mass is 16.3. The van der Waals surface area contributed by atoms with Crippen LogP contribution >= 0.6 is 0 Å². The van der Waals surface area contributed by atoms with Crippen LogP contribution in [0.25, 0.3) is 0 Å². The summed E-state index contributed by atoms with van der Waals surface area (Å²) < 4.78 is 0. The van der Waals surface area contributed by atoms with E-state index in [0.29, 0.717) is 0 Å². The zero-order valence-electron chi connectivity index (χ0n) is 17.6. The molecule has 4 saturated carbocycles. The topological polar surface area (TPSA) is 20.2 Å². The van der Waals surface area contributed by atoms with Gasteiger partial charge in [-0.15, -0.1) is 0 Å². The molecule has 26 heavy (non-hydrogen) atoms. The molecule has 0 amide bonds. The highest BCUT2D eigenvalue weighted by Gasteiger charge is 2.52. The number of aliphatic hydroxyl groups excluding tert-OH is 1. The van der Waals surface area contributed by atoms with E-state index in [4.69, 9.17) is 0 Å². The monoisotopic (exact) mass is 360 g/mol. The van der Waals surface area contributed by atoms with Gasteiger partial charge in [-0.1, -0.05) is 39.0 Å². The minimum Gasteiger partial charge on any atom is -0.393 e. The molecule has 0 aromatic heterocycles. The largest absolute Gasteiger partial charge is 0.393 e. The Morgan fingerprint density at radius 1 is 0.846 bits per heavy atom. The molecule has 7 atom stereocenters. The number of hydrogen-bond donors (Lipinski definition) is 1. The zero-order valence-corrected chi connectivity index (χ0v) is 17.6. The first kappa shape index (κ1) is 19.3. The maximum Gasteiger partial charge on any atom is 0.0512 e. The van der Waals surface area contributed by atoms with Crippen LogP contribution in [0.2, 0.25) is 0 Å². The Hall–Kier alpha value is -0.0400. The maximum atomic E-state index is 9.38. The molecule has 4 rings (SSSR count). The van der Waals surface area contributed by atoms with Crippen LogP contribution in [-0.4, -0.2) is 11.2 Å². The molecule has 1 N–H and O–H groups in total. The van der Waals surface area contributed by atoms with Crippen molar-refractivity contribution in [1.82, 2.24) is 0 Å². The van der Waals surface area contributed by atoms with E-state index < -0.39 is 0 Å². The summed E-state index contributed by atoms with van der Waals surface area (Å²) >= 11 is 0. The maximum absolute atomic E-state index is 9.38. The molecule has 4 aliphatic rings. The molecule has 0 bridgehead atoms. The third-order valence-electron chi connectivity index (χ3n) is 8.58. The molecule has 4 aliphatic carbocycles. The van der Waals surface area contributed by atoms with Crippen LogP contribution in [0, 0.1) is 40.9 Å². The summed E-state index contributed by atoms with van der Waals surface area (Å²) in [5.74, 6) is 6.61. The van der Waals surface area contributed by atoms with Gasteiger partial charge in [-0.2, -0.15) is 0 Å². The Morgan fingerprint density at radius 3 is 2.12 bits per heavy atom. The number of aliphatic hydroxyl groups is 1. The fraction of sp³-hybridized carbons (Fsp3) is 1.00. The zero-order chi connectivity index (χ0) is 18.1. The minimum atomic E-state index is -0.0899. The van der Waals surface area contributed by atoms with Gasteiger partial charge in [-0.05, 0) is 112 Å². The molecule has 0 saturated heterocycles. The lowest BCUT2D eigenvalue weighted by Gasteiger charge is -2.14. The van der Waals surface area contributed by atoms with Crippen molar-refractivity contribution in [2.75, 3.05) is 0 Å². The van der Waals surface area contributed by atoms with E-state index in [1.54, 1.807) is 51.4 Å². The molecule has 4 fully saturated rings. The van der Waals surface area contributed by atoms with Crippen LogP contribution in [-0.2, 0) is 0 Å². The minimum absolute atomic E-state index is 0.0899. The van der Waals surface area contributed by atoms with Crippen molar-refractivity contribution in [2.24, 2.45) is 40.9 Å². The Balaban J connectivity index is 1.05. The molecule has 0 spiro atoms. The number of hydrogen-bond acceptors (Lipinski definition) is 1. The second-order valence-electron chi connectivity index (χ2n) is 11.2. The third-order valence-corrected chi connectivity index (χ3v) is 8.58. The van der Waals surface area contributed by atoms with Gasteiger partial charge in [0.2, 0.25) is 0 Å². The summed E-state index contributed by atoms with van der Waals surface area (Å²) in [6.45, 7) is 4.27. The summed E-state index contributed by atoms with van der Waals surface area (Å²) in [6.07, 6.45) is 22.0. The molecule has 1 nitrogen and oxygen atoms in total. The SMILES string of the molecule is CCCCCC1(CC2CC2CC2CC2CC2CC2CCCC(C)O)CC1. The van der Waals surface area contributed by atoms with Gasteiger partial charge in [0.15, 0.2) is 0 Å². The van der Waals surface area contributed by atoms with Crippen molar-refractivity contribution < 1.29 is 5.11 Å². The molecular formula is C25H44O. The summed E-state index contributed by atoms with van der Waals surface area (Å²) in [5.41, 5.74) is 0.838. The number of unbranched alkanes of at least 4 members (excludes halogenated alkanes) is 2. The normalized spacial score (nSPS) is 40.3. The second-order valence-corrected chi connectivity index (χ2v) is 11.2. The molecular weight excluding hydrogens is 316 g/mol. The van der Waals surface area contributed by atoms with Gasteiger partial charge in [-0.3, -0.25) is 0 Å². The fourth-order valence-corrected chi connectivity index (χ4v) is 6.18. The van der Waals surface area contributed by atoms with Gasteiger partial charge in [0.05, 0.1) is 6.10 Å². The molecule has 0 radical (unpaired) electrons. The summed E-state index contributed by atoms with van der Waals surface area (Å²) in [4.78, 5) is 0. The van der Waals surface area contributed by atoms with E-state index in [9.17, 15) is 5.11 Å². The smallest absolute Gasteiger partial charge is 0.0512 e. The average molecular weight is 361 g/mol. The molecule has 7 unspecified atom stereocenters. The standard InChI is InChI=1S/C25H44O/c1-3-4-5-9-25(10-11-25)17-24-16-23(24)15-22-14-21(22)13-20-12-19(20)8-6-7-18(2)26/h18-24,26H,3-17H2,1-2H3. The van der Waals surface area contributed by atoms with Crippen molar-refractivity contribution in [2.45, 2.75) is 116 Å². The molecule has 0 aromatic carbocycles. The quantitative estimate of drug-likeness (QED) is 0.331. The predicted octanol–water partition coefficient (Wildman–Crippen LogP) is 6.98. The van der Waals surface area contributed by atoms with Crippen molar-refractivity contribution in [3.8, 4) is 0 Å². The van der Waals surface area contributed by atoms with Crippen molar-refractivity contribution in [1.29, 1.82) is 0 Å². The highest BCUT2D eigenvalue weighted by molar-refractivity contribution is 5.03. The van der Waals surface area contributed by atoms with Gasteiger partial charge in [-0.25, -0.2) is 0 Å². The van der Waals surface area contributed by atoms with Crippen LogP contribution < -0.4 is 0 Å². The third kappa shape index (κ3) is 5.49. The van der Waals surface area contributed by atoms with Crippen molar-refractivity contribution >= 4 is 0 Å². The van der Waals surface area contributed by atoms with Crippen LogP contribution in [0.4, 0.5) is 0 Å². The average Bonchev–Trinajstić information content (AvgIpc) is 3.38. The van der Waals surface area contributed by atoms with Gasteiger partial charge < -0.3 is 5.11 Å². The van der Waals surface area contributed by atoms with E-state index in [-0.39, 0.29) is 6.10 Å². The van der Waals surface area contributed by atoms with Crippen molar-refractivity contribution in [3.05, 3.63) is 0 Å². The van der Waals surface area contributed by atoms with Gasteiger partial charge in [0.25, 0.3) is 0 Å². The van der Waals surface area contributed by atoms with Crippen LogP contribution in [0.15, 0.2) is 0 Å². The molecule has 150 valence electrons. The Kier molecular flexibility index (Phi) is 6.04. The van der Waals surface area contributed by atoms with E-state index >= 15 is 0 Å². The van der Waals surface area contributed by atoms with Gasteiger partial charge in [0, 0.05) is 0 Å². The van der Waals surface area contributed by atoms with E-state index in [1.807, 2.05) is 6.92 Å². The van der Waals surface area contributed by atoms with E-state index in [1.165, 1.54) is 38.5 Å². The summed E-state index contributed by atoms with van der Waals surface area (Å²) in [6, 6.07) is 0. The van der Waals surface area contributed by atoms with E-state index in [0.717, 1.165) is 47.3 Å². The second kappa shape index (κ2) is 8.14. The lowest BCUT2D eigenvalue weighted by Crippen LogP contribution is -2.03. The summed E-state index contributed by atoms with van der Waals surface area (Å²) in [5, 5.41) is 9.38. The lowest BCUT2D eigenvalue weighted by molar-refractivity contribution is 0.179. The Bertz CT molecular complexity index is 451. The van der Waals surface area contributed by atoms with Crippen LogP contribution in [0.5, 0.6) is 0 Å². The molecule has 0 aliphatic heterocycles. The molecule has 0 aromatic rings. The highest BCUT2D eigenvalue weighted by Crippen LogP contribution is 2.63. The summed E-state index contributed by atoms with van der Waals surface area (Å²) in [7, 11) is 0. The van der Waals surface area contributed by atoms with Gasteiger partial charge in [0.1, 0.15) is 0 Å². The fourth-order valence-electron chi connectivity index (χ4n) is 6.18. The molecule has 0 heterocycles. The van der Waals surface area contributed by atoms with E-state index in [2.05, 4.69) is 6.92 Å². The first-order valence-electron chi connectivity index (χ1n) is 12.3. The predicted molar refractivity (Wildman–Crippen MR) is 110 cm³/mol.